The highest BCUT2D eigenvalue weighted by Crippen LogP contribution is 2.23. The Bertz CT molecular complexity index is 177. The van der Waals surface area contributed by atoms with E-state index in [9.17, 15) is 0 Å². The molecule has 0 aromatic rings. The third-order valence-corrected chi connectivity index (χ3v) is 2.81. The van der Waals surface area contributed by atoms with Crippen molar-refractivity contribution in [3.05, 3.63) is 12.2 Å². The SMILES string of the molecule is CCCCCCCC=CCCC1OC1O. The second-order valence-corrected chi connectivity index (χ2v) is 4.32. The number of unbranched alkanes of at least 4 members (excludes halogenated alkanes) is 5. The minimum absolute atomic E-state index is 0.124. The first-order chi connectivity index (χ1) is 7.34. The largest absolute Gasteiger partial charge is 0.366 e. The van der Waals surface area contributed by atoms with Crippen molar-refractivity contribution < 1.29 is 9.84 Å². The maximum absolute atomic E-state index is 8.90. The van der Waals surface area contributed by atoms with Gasteiger partial charge < -0.3 is 9.84 Å². The number of epoxide rings is 1. The van der Waals surface area contributed by atoms with Gasteiger partial charge in [-0.15, -0.1) is 0 Å². The van der Waals surface area contributed by atoms with E-state index in [-0.39, 0.29) is 6.10 Å². The fraction of sp³-hybridized carbons (Fsp3) is 0.846. The molecule has 0 aromatic heterocycles. The van der Waals surface area contributed by atoms with Crippen molar-refractivity contribution >= 4 is 0 Å². The van der Waals surface area contributed by atoms with Gasteiger partial charge in [0.2, 0.25) is 0 Å². The summed E-state index contributed by atoms with van der Waals surface area (Å²) in [6, 6.07) is 0. The summed E-state index contributed by atoms with van der Waals surface area (Å²) in [5.41, 5.74) is 0. The van der Waals surface area contributed by atoms with E-state index in [1.807, 2.05) is 0 Å². The Balaban J connectivity index is 1.76. The van der Waals surface area contributed by atoms with E-state index >= 15 is 0 Å². The zero-order valence-electron chi connectivity index (χ0n) is 9.82. The molecule has 15 heavy (non-hydrogen) atoms. The maximum atomic E-state index is 8.90. The Kier molecular flexibility index (Phi) is 6.69. The van der Waals surface area contributed by atoms with Crippen molar-refractivity contribution in [3.63, 3.8) is 0 Å². The second kappa shape index (κ2) is 7.89. The molecule has 1 heterocycles. The third kappa shape index (κ3) is 6.69. The lowest BCUT2D eigenvalue weighted by Crippen LogP contribution is -1.89. The fourth-order valence-corrected chi connectivity index (χ4v) is 1.71. The van der Waals surface area contributed by atoms with E-state index in [0.29, 0.717) is 0 Å². The number of ether oxygens (including phenoxy) is 1. The van der Waals surface area contributed by atoms with E-state index in [4.69, 9.17) is 9.84 Å². The molecule has 1 fully saturated rings. The second-order valence-electron chi connectivity index (χ2n) is 4.32. The van der Waals surface area contributed by atoms with Crippen molar-refractivity contribution in [1.29, 1.82) is 0 Å². The first kappa shape index (κ1) is 12.7. The average Bonchev–Trinajstić information content (AvgIpc) is 2.92. The van der Waals surface area contributed by atoms with Gasteiger partial charge in [0.1, 0.15) is 6.10 Å². The molecule has 0 bridgehead atoms. The van der Waals surface area contributed by atoms with Gasteiger partial charge >= 0.3 is 0 Å². The maximum Gasteiger partial charge on any atom is 0.181 e. The highest BCUT2D eigenvalue weighted by molar-refractivity contribution is 4.85. The zero-order valence-corrected chi connectivity index (χ0v) is 9.82. The van der Waals surface area contributed by atoms with Gasteiger partial charge in [0, 0.05) is 0 Å². The van der Waals surface area contributed by atoms with Gasteiger partial charge in [0.25, 0.3) is 0 Å². The number of hydrogen-bond acceptors (Lipinski definition) is 2. The summed E-state index contributed by atoms with van der Waals surface area (Å²) in [4.78, 5) is 0. The molecule has 0 saturated carbocycles. The summed E-state index contributed by atoms with van der Waals surface area (Å²) < 4.78 is 4.91. The molecule has 1 aliphatic rings. The number of rotatable bonds is 9. The molecular formula is C13H24O2. The fourth-order valence-electron chi connectivity index (χ4n) is 1.71. The number of hydrogen-bond donors (Lipinski definition) is 1. The molecule has 0 amide bonds. The number of allylic oxidation sites excluding steroid dienone is 2. The lowest BCUT2D eigenvalue weighted by Gasteiger charge is -1.96. The van der Waals surface area contributed by atoms with E-state index < -0.39 is 6.29 Å². The molecule has 0 aliphatic carbocycles. The summed E-state index contributed by atoms with van der Waals surface area (Å²) in [5, 5.41) is 8.90. The van der Waals surface area contributed by atoms with E-state index in [1.54, 1.807) is 0 Å². The van der Waals surface area contributed by atoms with E-state index in [1.165, 1.54) is 38.5 Å². The summed E-state index contributed by atoms with van der Waals surface area (Å²) >= 11 is 0. The van der Waals surface area contributed by atoms with Crippen LogP contribution in [0.25, 0.3) is 0 Å². The first-order valence-corrected chi connectivity index (χ1v) is 6.33. The summed E-state index contributed by atoms with van der Waals surface area (Å²) in [5.74, 6) is 0. The van der Waals surface area contributed by atoms with Crippen molar-refractivity contribution in [2.24, 2.45) is 0 Å². The number of aliphatic hydroxyl groups is 1. The van der Waals surface area contributed by atoms with Crippen molar-refractivity contribution in [2.75, 3.05) is 0 Å². The summed E-state index contributed by atoms with van der Waals surface area (Å²) in [6.07, 6.45) is 14.1. The molecule has 0 radical (unpaired) electrons. The smallest absolute Gasteiger partial charge is 0.181 e. The monoisotopic (exact) mass is 212 g/mol. The first-order valence-electron chi connectivity index (χ1n) is 6.33. The lowest BCUT2D eigenvalue weighted by molar-refractivity contribution is 0.156. The van der Waals surface area contributed by atoms with Gasteiger partial charge in [0.05, 0.1) is 0 Å². The Labute approximate surface area is 93.3 Å². The highest BCUT2D eigenvalue weighted by Gasteiger charge is 2.35. The van der Waals surface area contributed by atoms with Gasteiger partial charge in [0.15, 0.2) is 6.29 Å². The van der Waals surface area contributed by atoms with Crippen LogP contribution in [0.2, 0.25) is 0 Å². The molecule has 1 saturated heterocycles. The highest BCUT2D eigenvalue weighted by atomic mass is 16.7. The normalized spacial score (nSPS) is 24.9. The van der Waals surface area contributed by atoms with Crippen molar-refractivity contribution in [2.45, 2.75) is 70.7 Å². The standard InChI is InChI=1S/C13H24O2/c1-2-3-4-5-6-7-8-9-10-11-12-13(14)15-12/h8-9,12-14H,2-7,10-11H2,1H3. The topological polar surface area (TPSA) is 32.8 Å². The van der Waals surface area contributed by atoms with E-state index in [2.05, 4.69) is 19.1 Å². The Morgan fingerprint density at radius 3 is 2.40 bits per heavy atom. The molecule has 2 nitrogen and oxygen atoms in total. The van der Waals surface area contributed by atoms with Crippen LogP contribution in [0.1, 0.15) is 58.3 Å². The van der Waals surface area contributed by atoms with Crippen molar-refractivity contribution in [1.82, 2.24) is 0 Å². The lowest BCUT2D eigenvalue weighted by atomic mass is 10.1. The Hall–Kier alpha value is -0.340. The molecule has 1 N–H and O–H groups in total. The van der Waals surface area contributed by atoms with Crippen LogP contribution in [0.3, 0.4) is 0 Å². The van der Waals surface area contributed by atoms with Crippen molar-refractivity contribution in [3.8, 4) is 0 Å². The van der Waals surface area contributed by atoms with Crippen LogP contribution in [0, 0.1) is 0 Å². The Morgan fingerprint density at radius 1 is 1.07 bits per heavy atom. The average molecular weight is 212 g/mol. The third-order valence-electron chi connectivity index (χ3n) is 2.81. The molecule has 2 unspecified atom stereocenters. The van der Waals surface area contributed by atoms with Crippen LogP contribution < -0.4 is 0 Å². The van der Waals surface area contributed by atoms with Crippen LogP contribution >= 0.6 is 0 Å². The molecule has 1 aliphatic heterocycles. The molecule has 2 atom stereocenters. The Morgan fingerprint density at radius 2 is 1.73 bits per heavy atom. The van der Waals surface area contributed by atoms with Crippen LogP contribution in [0.15, 0.2) is 12.2 Å². The van der Waals surface area contributed by atoms with Crippen LogP contribution in [0.4, 0.5) is 0 Å². The van der Waals surface area contributed by atoms with Gasteiger partial charge in [-0.3, -0.25) is 0 Å². The molecule has 88 valence electrons. The van der Waals surface area contributed by atoms with Gasteiger partial charge in [-0.05, 0) is 25.7 Å². The van der Waals surface area contributed by atoms with Crippen LogP contribution in [-0.4, -0.2) is 17.5 Å². The summed E-state index contributed by atoms with van der Waals surface area (Å²) in [7, 11) is 0. The predicted molar refractivity (Wildman–Crippen MR) is 62.6 cm³/mol. The minimum atomic E-state index is -0.465. The molecule has 0 aromatic carbocycles. The molecular weight excluding hydrogens is 188 g/mol. The van der Waals surface area contributed by atoms with Gasteiger partial charge in [-0.25, -0.2) is 0 Å². The molecule has 1 rings (SSSR count). The number of aliphatic hydroxyl groups excluding tert-OH is 1. The zero-order chi connectivity index (χ0) is 10.9. The van der Waals surface area contributed by atoms with Crippen LogP contribution in [0.5, 0.6) is 0 Å². The molecule has 0 spiro atoms. The summed E-state index contributed by atoms with van der Waals surface area (Å²) in [6.45, 7) is 2.24. The van der Waals surface area contributed by atoms with Gasteiger partial charge in [-0.2, -0.15) is 0 Å². The van der Waals surface area contributed by atoms with E-state index in [0.717, 1.165) is 12.8 Å². The van der Waals surface area contributed by atoms with Crippen LogP contribution in [-0.2, 0) is 4.74 Å². The minimum Gasteiger partial charge on any atom is -0.366 e. The molecule has 2 heteroatoms. The quantitative estimate of drug-likeness (QED) is 0.361. The van der Waals surface area contributed by atoms with Gasteiger partial charge in [-0.1, -0.05) is 44.8 Å². The predicted octanol–water partition coefficient (Wildman–Crippen LogP) is 3.40.